The van der Waals surface area contributed by atoms with Gasteiger partial charge >= 0.3 is 11.9 Å². The molecule has 0 aliphatic rings. The van der Waals surface area contributed by atoms with Crippen LogP contribution < -0.4 is 0 Å². The quantitative estimate of drug-likeness (QED) is 0.531. The number of unbranched alkanes of at least 4 members (excludes halogenated alkanes) is 1. The summed E-state index contributed by atoms with van der Waals surface area (Å²) in [6, 6.07) is 9.21. The zero-order valence-corrected chi connectivity index (χ0v) is 13.2. The number of aliphatic carboxylic acids is 1. The molecule has 0 radical (unpaired) electrons. The van der Waals surface area contributed by atoms with Gasteiger partial charge < -0.3 is 14.6 Å². The van der Waals surface area contributed by atoms with Crippen LogP contribution in [0, 0.1) is 5.41 Å². The third-order valence-electron chi connectivity index (χ3n) is 3.70. The molecule has 0 heterocycles. The van der Waals surface area contributed by atoms with Crippen LogP contribution in [-0.4, -0.2) is 30.8 Å². The average molecular weight is 308 g/mol. The van der Waals surface area contributed by atoms with Gasteiger partial charge in [0.25, 0.3) is 0 Å². The Morgan fingerprint density at radius 2 is 1.86 bits per heavy atom. The number of benzene rings is 1. The van der Waals surface area contributed by atoms with Crippen LogP contribution in [0.15, 0.2) is 30.3 Å². The van der Waals surface area contributed by atoms with Crippen molar-refractivity contribution in [3.63, 3.8) is 0 Å². The maximum atomic E-state index is 12.4. The molecule has 1 atom stereocenters. The van der Waals surface area contributed by atoms with Gasteiger partial charge in [-0.05, 0) is 18.4 Å². The Balaban J connectivity index is 2.82. The van der Waals surface area contributed by atoms with Gasteiger partial charge in [-0.2, -0.15) is 0 Å². The van der Waals surface area contributed by atoms with E-state index in [1.54, 1.807) is 0 Å². The molecule has 5 nitrogen and oxygen atoms in total. The molecule has 0 fully saturated rings. The lowest BCUT2D eigenvalue weighted by Gasteiger charge is -2.27. The Hall–Kier alpha value is -1.88. The van der Waals surface area contributed by atoms with E-state index in [4.69, 9.17) is 9.47 Å². The predicted octanol–water partition coefficient (Wildman–Crippen LogP) is 3.03. The lowest BCUT2D eigenvalue weighted by Crippen LogP contribution is -2.41. The maximum absolute atomic E-state index is 12.4. The lowest BCUT2D eigenvalue weighted by molar-refractivity contribution is -0.172. The molecular formula is C17H24O5. The molecule has 1 unspecified atom stereocenters. The molecule has 0 amide bonds. The third-order valence-corrected chi connectivity index (χ3v) is 3.70. The van der Waals surface area contributed by atoms with Crippen LogP contribution >= 0.6 is 0 Å². The molecule has 22 heavy (non-hydrogen) atoms. The Morgan fingerprint density at radius 1 is 1.18 bits per heavy atom. The fraction of sp³-hybridized carbons (Fsp3) is 0.529. The molecule has 0 aliphatic carbocycles. The minimum atomic E-state index is -1.53. The molecule has 0 saturated heterocycles. The van der Waals surface area contributed by atoms with Gasteiger partial charge in [0.2, 0.25) is 0 Å². The number of hydrogen-bond acceptors (Lipinski definition) is 4. The number of methoxy groups -OCH3 is 1. The maximum Gasteiger partial charge on any atom is 0.323 e. The monoisotopic (exact) mass is 308 g/mol. The van der Waals surface area contributed by atoms with Crippen LogP contribution in [0.3, 0.4) is 0 Å². The summed E-state index contributed by atoms with van der Waals surface area (Å²) in [4.78, 5) is 24.2. The Bertz CT molecular complexity index is 461. The second-order valence-corrected chi connectivity index (χ2v) is 5.30. The summed E-state index contributed by atoms with van der Waals surface area (Å²) in [6.45, 7) is 2.24. The number of carboxylic acids is 1. The average Bonchev–Trinajstić information content (AvgIpc) is 2.53. The number of esters is 1. The highest BCUT2D eigenvalue weighted by Crippen LogP contribution is 2.32. The van der Waals surface area contributed by atoms with Crippen LogP contribution in [0.2, 0.25) is 0 Å². The number of carbonyl (C=O) groups excluding carboxylic acids is 1. The van der Waals surface area contributed by atoms with Crippen molar-refractivity contribution in [3.8, 4) is 0 Å². The first-order chi connectivity index (χ1) is 10.6. The van der Waals surface area contributed by atoms with Crippen molar-refractivity contribution in [1.29, 1.82) is 0 Å². The van der Waals surface area contributed by atoms with Crippen LogP contribution in [0.5, 0.6) is 0 Å². The molecule has 1 N–H and O–H groups in total. The van der Waals surface area contributed by atoms with Crippen molar-refractivity contribution in [3.05, 3.63) is 35.9 Å². The first-order valence-corrected chi connectivity index (χ1v) is 7.50. The van der Waals surface area contributed by atoms with Gasteiger partial charge in [-0.25, -0.2) is 0 Å². The van der Waals surface area contributed by atoms with Crippen LogP contribution in [-0.2, 0) is 25.7 Å². The van der Waals surface area contributed by atoms with E-state index in [2.05, 4.69) is 0 Å². The van der Waals surface area contributed by atoms with Gasteiger partial charge in [0, 0.05) is 13.7 Å². The van der Waals surface area contributed by atoms with E-state index in [0.717, 1.165) is 12.0 Å². The summed E-state index contributed by atoms with van der Waals surface area (Å²) in [5, 5.41) is 9.59. The molecular weight excluding hydrogens is 284 g/mol. The standard InChI is InChI=1S/C17H24O5/c1-3-4-10-17(15(18)19,11-12-21-2)16(20)22-13-14-8-6-5-7-9-14/h5-9H,3-4,10-13H2,1-2H3,(H,18,19). The van der Waals surface area contributed by atoms with E-state index in [-0.39, 0.29) is 26.1 Å². The minimum absolute atomic E-state index is 0.0772. The van der Waals surface area contributed by atoms with E-state index >= 15 is 0 Å². The van der Waals surface area contributed by atoms with Gasteiger partial charge in [0.05, 0.1) is 0 Å². The highest BCUT2D eigenvalue weighted by molar-refractivity contribution is 5.99. The number of ether oxygens (including phenoxy) is 2. The molecule has 1 rings (SSSR count). The zero-order valence-electron chi connectivity index (χ0n) is 13.2. The van der Waals surface area contributed by atoms with E-state index in [1.807, 2.05) is 37.3 Å². The Morgan fingerprint density at radius 3 is 2.41 bits per heavy atom. The second-order valence-electron chi connectivity index (χ2n) is 5.30. The molecule has 5 heteroatoms. The molecule has 1 aromatic rings. The minimum Gasteiger partial charge on any atom is -0.480 e. The first kappa shape index (κ1) is 18.2. The van der Waals surface area contributed by atoms with Crippen molar-refractivity contribution >= 4 is 11.9 Å². The van der Waals surface area contributed by atoms with Crippen molar-refractivity contribution in [1.82, 2.24) is 0 Å². The molecule has 0 bridgehead atoms. The number of carbonyl (C=O) groups is 2. The molecule has 0 spiro atoms. The van der Waals surface area contributed by atoms with Gasteiger partial charge in [-0.15, -0.1) is 0 Å². The molecule has 122 valence electrons. The van der Waals surface area contributed by atoms with Crippen LogP contribution in [0.1, 0.15) is 38.2 Å². The van der Waals surface area contributed by atoms with E-state index in [9.17, 15) is 14.7 Å². The summed E-state index contributed by atoms with van der Waals surface area (Å²) in [6.07, 6.45) is 1.84. The smallest absolute Gasteiger partial charge is 0.323 e. The summed E-state index contributed by atoms with van der Waals surface area (Å²) in [5.41, 5.74) is -0.696. The number of hydrogen-bond donors (Lipinski definition) is 1. The van der Waals surface area contributed by atoms with Crippen molar-refractivity contribution < 1.29 is 24.2 Å². The van der Waals surface area contributed by atoms with Crippen LogP contribution in [0.4, 0.5) is 0 Å². The fourth-order valence-corrected chi connectivity index (χ4v) is 2.25. The summed E-state index contributed by atoms with van der Waals surface area (Å²) in [7, 11) is 1.49. The largest absolute Gasteiger partial charge is 0.480 e. The van der Waals surface area contributed by atoms with E-state index in [1.165, 1.54) is 7.11 Å². The van der Waals surface area contributed by atoms with Crippen molar-refractivity contribution in [2.24, 2.45) is 5.41 Å². The van der Waals surface area contributed by atoms with Gasteiger partial charge in [-0.3, -0.25) is 9.59 Å². The Labute approximate surface area is 131 Å². The lowest BCUT2D eigenvalue weighted by atomic mass is 9.80. The highest BCUT2D eigenvalue weighted by Gasteiger charge is 2.46. The van der Waals surface area contributed by atoms with Crippen LogP contribution in [0.25, 0.3) is 0 Å². The molecule has 1 aromatic carbocycles. The summed E-state index contributed by atoms with van der Waals surface area (Å²) >= 11 is 0. The normalized spacial score (nSPS) is 13.4. The van der Waals surface area contributed by atoms with Gasteiger partial charge in [-0.1, -0.05) is 50.1 Å². The number of rotatable bonds is 10. The number of carboxylic acid groups (broad SMARTS) is 1. The van der Waals surface area contributed by atoms with E-state index in [0.29, 0.717) is 6.42 Å². The molecule has 0 aromatic heterocycles. The highest BCUT2D eigenvalue weighted by atomic mass is 16.5. The second kappa shape index (κ2) is 9.20. The molecule has 0 aliphatic heterocycles. The summed E-state index contributed by atoms with van der Waals surface area (Å²) in [5.74, 6) is -1.83. The predicted molar refractivity (Wildman–Crippen MR) is 82.3 cm³/mol. The first-order valence-electron chi connectivity index (χ1n) is 7.50. The Kier molecular flexibility index (Phi) is 7.60. The van der Waals surface area contributed by atoms with E-state index < -0.39 is 17.4 Å². The zero-order chi connectivity index (χ0) is 16.4. The SMILES string of the molecule is CCCCC(CCOC)(C(=O)O)C(=O)OCc1ccccc1. The van der Waals surface area contributed by atoms with Crippen molar-refractivity contribution in [2.75, 3.05) is 13.7 Å². The van der Waals surface area contributed by atoms with Gasteiger partial charge in [0.1, 0.15) is 6.61 Å². The third kappa shape index (κ3) is 4.84. The molecule has 0 saturated carbocycles. The topological polar surface area (TPSA) is 72.8 Å². The summed E-state index contributed by atoms with van der Waals surface area (Å²) < 4.78 is 10.2. The fourth-order valence-electron chi connectivity index (χ4n) is 2.25. The van der Waals surface area contributed by atoms with Crippen molar-refractivity contribution in [2.45, 2.75) is 39.2 Å². The van der Waals surface area contributed by atoms with Gasteiger partial charge in [0.15, 0.2) is 5.41 Å².